The number of hydrogen-bond acceptors (Lipinski definition) is 9. The number of ether oxygens (including phenoxy) is 1. The van der Waals surface area contributed by atoms with E-state index in [9.17, 15) is 30.0 Å². The predicted octanol–water partition coefficient (Wildman–Crippen LogP) is -1.19. The normalized spacial score (nSPS) is 30.7. The zero-order valence-corrected chi connectivity index (χ0v) is 16.6. The summed E-state index contributed by atoms with van der Waals surface area (Å²) in [5.41, 5.74) is 2.65. The topological polar surface area (TPSA) is 209 Å². The van der Waals surface area contributed by atoms with Crippen LogP contribution in [0.4, 0.5) is 11.4 Å². The van der Waals surface area contributed by atoms with Gasteiger partial charge in [0.15, 0.2) is 0 Å². The third kappa shape index (κ3) is 4.02. The minimum absolute atomic E-state index is 0.0678. The number of aliphatic hydroxyl groups is 4. The van der Waals surface area contributed by atoms with Crippen LogP contribution in [0.25, 0.3) is 10.4 Å². The summed E-state index contributed by atoms with van der Waals surface area (Å²) in [5, 5.41) is 51.9. The number of nitrogens with zero attached hydrogens (tertiary/aromatic N) is 3. The second-order valence-corrected chi connectivity index (χ2v) is 7.78. The third-order valence-corrected chi connectivity index (χ3v) is 5.55. The van der Waals surface area contributed by atoms with Crippen LogP contribution in [0.1, 0.15) is 13.3 Å². The highest BCUT2D eigenvalue weighted by Gasteiger charge is 2.64. The minimum atomic E-state index is -2.37. The number of aliphatic hydroxyl groups excluding tert-OH is 2. The molecule has 31 heavy (non-hydrogen) atoms. The lowest BCUT2D eigenvalue weighted by molar-refractivity contribution is -0.240. The second-order valence-electron chi connectivity index (χ2n) is 7.78. The van der Waals surface area contributed by atoms with Crippen LogP contribution >= 0.6 is 0 Å². The first-order chi connectivity index (χ1) is 14.6. The van der Waals surface area contributed by atoms with Gasteiger partial charge in [0, 0.05) is 28.7 Å². The molecule has 7 N–H and O–H groups in total. The van der Waals surface area contributed by atoms with E-state index in [0.29, 0.717) is 11.4 Å². The number of azide groups is 1. The molecule has 0 radical (unpaired) electrons. The average molecular weight is 436 g/mol. The van der Waals surface area contributed by atoms with Crippen LogP contribution in [0.3, 0.4) is 0 Å². The van der Waals surface area contributed by atoms with Gasteiger partial charge >= 0.3 is 0 Å². The Morgan fingerprint density at radius 2 is 2.03 bits per heavy atom. The first-order valence-electron chi connectivity index (χ1n) is 9.51. The molecule has 2 amide bonds. The highest BCUT2D eigenvalue weighted by molar-refractivity contribution is 6.01. The Morgan fingerprint density at radius 3 is 2.65 bits per heavy atom. The zero-order chi connectivity index (χ0) is 22.9. The van der Waals surface area contributed by atoms with Crippen LogP contribution < -0.4 is 16.0 Å². The van der Waals surface area contributed by atoms with Gasteiger partial charge < -0.3 is 41.1 Å². The third-order valence-electron chi connectivity index (χ3n) is 5.55. The Bertz CT molecular complexity index is 903. The molecule has 3 fully saturated rings. The van der Waals surface area contributed by atoms with E-state index in [1.54, 1.807) is 24.3 Å². The van der Waals surface area contributed by atoms with Crippen LogP contribution in [0.5, 0.6) is 0 Å². The van der Waals surface area contributed by atoms with Gasteiger partial charge in [-0.2, -0.15) is 0 Å². The Kier molecular flexibility index (Phi) is 6.09. The van der Waals surface area contributed by atoms with E-state index < -0.39 is 47.5 Å². The Labute approximate surface area is 176 Å². The minimum Gasteiger partial charge on any atom is -0.393 e. The highest BCUT2D eigenvalue weighted by atomic mass is 16.5. The van der Waals surface area contributed by atoms with Gasteiger partial charge in [0.25, 0.3) is 17.5 Å². The molecular formula is C18H24N6O7. The molecule has 1 aromatic carbocycles. The van der Waals surface area contributed by atoms with Gasteiger partial charge in [0.1, 0.15) is 11.7 Å². The maximum absolute atomic E-state index is 12.8. The van der Waals surface area contributed by atoms with Crippen molar-refractivity contribution in [2.24, 2.45) is 11.0 Å². The first-order valence-corrected chi connectivity index (χ1v) is 9.51. The molecule has 0 saturated carbocycles. The lowest BCUT2D eigenvalue weighted by Gasteiger charge is -2.51. The molecule has 0 aromatic heterocycles. The molecule has 2 bridgehead atoms. The van der Waals surface area contributed by atoms with Crippen molar-refractivity contribution >= 4 is 23.2 Å². The van der Waals surface area contributed by atoms with Gasteiger partial charge in [0.05, 0.1) is 13.2 Å². The molecule has 3 aliphatic rings. The maximum atomic E-state index is 12.8. The molecular weight excluding hydrogens is 412 g/mol. The van der Waals surface area contributed by atoms with Crippen molar-refractivity contribution in [2.75, 3.05) is 25.1 Å². The number of piperazine rings is 1. The van der Waals surface area contributed by atoms with E-state index in [0.717, 1.165) is 6.92 Å². The summed E-state index contributed by atoms with van der Waals surface area (Å²) in [4.78, 5) is 28.3. The molecule has 168 valence electrons. The summed E-state index contributed by atoms with van der Waals surface area (Å²) >= 11 is 0. The lowest BCUT2D eigenvalue weighted by Crippen LogP contribution is -2.84. The van der Waals surface area contributed by atoms with Crippen molar-refractivity contribution in [1.29, 1.82) is 0 Å². The fourth-order valence-corrected chi connectivity index (χ4v) is 3.59. The van der Waals surface area contributed by atoms with E-state index in [4.69, 9.17) is 10.3 Å². The summed E-state index contributed by atoms with van der Waals surface area (Å²) < 4.78 is 5.51. The van der Waals surface area contributed by atoms with E-state index in [1.807, 2.05) is 0 Å². The maximum Gasteiger partial charge on any atom is 0.278 e. The van der Waals surface area contributed by atoms with Gasteiger partial charge in [-0.05, 0) is 31.0 Å². The van der Waals surface area contributed by atoms with Crippen molar-refractivity contribution in [1.82, 2.24) is 10.6 Å². The van der Waals surface area contributed by atoms with Crippen LogP contribution in [0, 0.1) is 5.92 Å². The lowest BCUT2D eigenvalue weighted by atomic mass is 9.82. The number of nitrogens with one attached hydrogen (secondary N) is 3. The molecule has 0 aliphatic carbocycles. The van der Waals surface area contributed by atoms with Crippen LogP contribution in [0.2, 0.25) is 0 Å². The molecule has 4 rings (SSSR count). The van der Waals surface area contributed by atoms with Gasteiger partial charge in [-0.15, -0.1) is 0 Å². The summed E-state index contributed by atoms with van der Waals surface area (Å²) in [6.07, 6.45) is -1.90. The summed E-state index contributed by atoms with van der Waals surface area (Å²) in [7, 11) is 0. The first kappa shape index (κ1) is 22.7. The van der Waals surface area contributed by atoms with E-state index >= 15 is 0 Å². The van der Waals surface area contributed by atoms with Gasteiger partial charge in [-0.1, -0.05) is 17.2 Å². The molecule has 3 heterocycles. The number of carbonyl (C=O) groups excluding carboxylic acids is 2. The largest absolute Gasteiger partial charge is 0.393 e. The van der Waals surface area contributed by atoms with E-state index in [1.165, 1.54) is 0 Å². The van der Waals surface area contributed by atoms with Gasteiger partial charge in [0.2, 0.25) is 5.72 Å². The van der Waals surface area contributed by atoms with Crippen LogP contribution in [0.15, 0.2) is 29.4 Å². The summed E-state index contributed by atoms with van der Waals surface area (Å²) in [5.74, 6) is -2.90. The van der Waals surface area contributed by atoms with Crippen molar-refractivity contribution < 1.29 is 34.8 Å². The fourth-order valence-electron chi connectivity index (χ4n) is 3.59. The molecule has 3 saturated heterocycles. The van der Waals surface area contributed by atoms with Crippen LogP contribution in [-0.2, 0) is 14.3 Å². The number of fused-ring (bicyclic) bond motifs is 5. The highest BCUT2D eigenvalue weighted by Crippen LogP contribution is 2.34. The number of anilines is 1. The van der Waals surface area contributed by atoms with E-state index in [-0.39, 0.29) is 19.6 Å². The smallest absolute Gasteiger partial charge is 0.278 e. The Morgan fingerprint density at radius 1 is 1.35 bits per heavy atom. The van der Waals surface area contributed by atoms with Crippen molar-refractivity contribution in [3.8, 4) is 0 Å². The molecule has 13 nitrogen and oxygen atoms in total. The SMILES string of the molecule is C[C@](O)(CO)[C@H](O)[C@@]12NC(=O)[C@@](O)(NC1=O)C(CNc1ccc(N=[N+]=[N-])cc1)CCO2. The summed E-state index contributed by atoms with van der Waals surface area (Å²) in [6, 6.07) is 6.45. The van der Waals surface area contributed by atoms with Crippen LogP contribution in [-0.4, -0.2) is 75.2 Å². The zero-order valence-electron chi connectivity index (χ0n) is 16.6. The molecule has 3 aliphatic heterocycles. The second kappa shape index (κ2) is 8.30. The Hall–Kier alpha value is -2.93. The number of rotatable bonds is 7. The molecule has 5 atom stereocenters. The molecule has 0 spiro atoms. The van der Waals surface area contributed by atoms with E-state index in [2.05, 4.69) is 26.0 Å². The van der Waals surface area contributed by atoms with Gasteiger partial charge in [-0.25, -0.2) is 0 Å². The molecule has 1 unspecified atom stereocenters. The fraction of sp³-hybridized carbons (Fsp3) is 0.556. The number of amides is 2. The number of carbonyl (C=O) groups is 2. The summed E-state index contributed by atoms with van der Waals surface area (Å²) in [6.45, 7) is 0.0987. The van der Waals surface area contributed by atoms with Gasteiger partial charge in [-0.3, -0.25) is 9.59 Å². The standard InChI is InChI=1S/C18H24N6O7/c1-16(29,9-25)13(26)18-15(28)21-17(30,14(27)22-18)10(6-7-31-18)8-20-11-2-4-12(5-3-11)23-24-19/h2-5,10,13,20,25-26,29-30H,6-9H2,1H3,(H,21,28)(H,22,27)/t10?,13-,16-,17+,18-/m0/s1. The van der Waals surface area contributed by atoms with Crippen molar-refractivity contribution in [2.45, 2.75) is 36.5 Å². The Balaban J connectivity index is 1.79. The number of benzene rings is 1. The molecule has 1 aromatic rings. The predicted molar refractivity (Wildman–Crippen MR) is 105 cm³/mol. The average Bonchev–Trinajstić information content (AvgIpc) is 2.73. The monoisotopic (exact) mass is 436 g/mol. The van der Waals surface area contributed by atoms with Crippen molar-refractivity contribution in [3.05, 3.63) is 34.7 Å². The number of hydrogen-bond donors (Lipinski definition) is 7. The van der Waals surface area contributed by atoms with Crippen molar-refractivity contribution in [3.63, 3.8) is 0 Å². The molecule has 13 heteroatoms. The quantitative estimate of drug-likeness (QED) is 0.157.